The fourth-order valence-electron chi connectivity index (χ4n) is 4.30. The fraction of sp³-hybridized carbons (Fsp3) is 0.500. The minimum Gasteiger partial charge on any atom is -0.353 e. The Morgan fingerprint density at radius 1 is 1.10 bits per heavy atom. The van der Waals surface area contributed by atoms with E-state index in [2.05, 4.69) is 26.6 Å². The first kappa shape index (κ1) is 20.1. The number of carbonyl (C=O) groups is 2. The number of carbonyl (C=O) groups excluding carboxylic acids is 2. The Balaban J connectivity index is 1.27. The topological polar surface area (TPSA) is 115 Å². The van der Waals surface area contributed by atoms with Crippen LogP contribution >= 0.6 is 0 Å². The van der Waals surface area contributed by atoms with Crippen molar-refractivity contribution in [3.63, 3.8) is 0 Å². The molecule has 0 spiro atoms. The predicted octanol–water partition coefficient (Wildman–Crippen LogP) is 2.52. The third-order valence-corrected chi connectivity index (χ3v) is 6.20. The van der Waals surface area contributed by atoms with Gasteiger partial charge in [-0.25, -0.2) is 0 Å². The normalized spacial score (nSPS) is 22.3. The first-order valence-corrected chi connectivity index (χ1v) is 10.6. The fourth-order valence-corrected chi connectivity index (χ4v) is 4.30. The van der Waals surface area contributed by atoms with Crippen molar-refractivity contribution in [1.29, 1.82) is 5.26 Å². The number of nitrogens with one attached hydrogen (secondary N) is 2. The number of aromatic nitrogens is 3. The van der Waals surface area contributed by atoms with Gasteiger partial charge in [0.2, 0.25) is 5.91 Å². The number of H-pyrrole nitrogens is 1. The van der Waals surface area contributed by atoms with Crippen molar-refractivity contribution >= 4 is 11.8 Å². The molecular formula is C22H26N6O2. The molecule has 0 bridgehead atoms. The summed E-state index contributed by atoms with van der Waals surface area (Å²) < 4.78 is 0. The zero-order chi connectivity index (χ0) is 20.9. The second-order valence-corrected chi connectivity index (χ2v) is 8.16. The highest BCUT2D eigenvalue weighted by atomic mass is 16.2. The quantitative estimate of drug-likeness (QED) is 0.810. The van der Waals surface area contributed by atoms with Gasteiger partial charge < -0.3 is 10.2 Å². The van der Waals surface area contributed by atoms with E-state index in [4.69, 9.17) is 5.26 Å². The summed E-state index contributed by atoms with van der Waals surface area (Å²) in [6.07, 6.45) is 8.18. The number of likely N-dealkylation sites (tertiary alicyclic amines) is 1. The molecule has 1 aliphatic carbocycles. The monoisotopic (exact) mass is 406 g/mol. The van der Waals surface area contributed by atoms with Gasteiger partial charge in [0.1, 0.15) is 0 Å². The minimum atomic E-state index is -0.111. The van der Waals surface area contributed by atoms with Crippen LogP contribution in [-0.4, -0.2) is 51.0 Å². The second kappa shape index (κ2) is 9.08. The molecule has 0 aromatic carbocycles. The standard InChI is InChI=1S/C22H26N6O2/c23-14-15-1-3-18(4-2-15)25-21(29)17-7-11-28(12-8-17)22(30)20-13-19(26-27-20)16-5-9-24-10-6-16/h5-6,9-10,13,15,17-18H,1-4,7-8,11-12H2,(H,25,29)(H,26,27)/t15-,18+. The van der Waals surface area contributed by atoms with Crippen molar-refractivity contribution in [1.82, 2.24) is 25.4 Å². The van der Waals surface area contributed by atoms with Crippen LogP contribution < -0.4 is 5.32 Å². The maximum absolute atomic E-state index is 12.8. The average molecular weight is 406 g/mol. The molecule has 4 rings (SSSR count). The third-order valence-electron chi connectivity index (χ3n) is 6.20. The third kappa shape index (κ3) is 4.51. The van der Waals surface area contributed by atoms with Gasteiger partial charge in [-0.2, -0.15) is 10.4 Å². The van der Waals surface area contributed by atoms with Gasteiger partial charge in [-0.1, -0.05) is 0 Å². The summed E-state index contributed by atoms with van der Waals surface area (Å²) in [6, 6.07) is 7.98. The lowest BCUT2D eigenvalue weighted by Crippen LogP contribution is -2.46. The maximum atomic E-state index is 12.8. The van der Waals surface area contributed by atoms with Crippen LogP contribution in [0.4, 0.5) is 0 Å². The number of hydrogen-bond acceptors (Lipinski definition) is 5. The maximum Gasteiger partial charge on any atom is 0.274 e. The molecule has 0 radical (unpaired) electrons. The summed E-state index contributed by atoms with van der Waals surface area (Å²) in [4.78, 5) is 31.2. The van der Waals surface area contributed by atoms with Crippen molar-refractivity contribution in [2.45, 2.75) is 44.6 Å². The molecule has 156 valence electrons. The molecule has 0 atom stereocenters. The second-order valence-electron chi connectivity index (χ2n) is 8.16. The molecule has 2 aromatic rings. The molecular weight excluding hydrogens is 380 g/mol. The van der Waals surface area contributed by atoms with Crippen LogP contribution in [0.25, 0.3) is 11.3 Å². The molecule has 2 amide bonds. The Hall–Kier alpha value is -3.21. The van der Waals surface area contributed by atoms with Crippen molar-refractivity contribution in [3.8, 4) is 17.3 Å². The lowest BCUT2D eigenvalue weighted by atomic mass is 9.86. The van der Waals surface area contributed by atoms with Crippen molar-refractivity contribution < 1.29 is 9.59 Å². The van der Waals surface area contributed by atoms with Gasteiger partial charge in [-0.05, 0) is 56.7 Å². The largest absolute Gasteiger partial charge is 0.353 e. The van der Waals surface area contributed by atoms with Crippen molar-refractivity contribution in [2.75, 3.05) is 13.1 Å². The molecule has 1 saturated heterocycles. The van der Waals surface area contributed by atoms with Crippen molar-refractivity contribution in [2.24, 2.45) is 11.8 Å². The van der Waals surface area contributed by atoms with Crippen LogP contribution in [0, 0.1) is 23.2 Å². The predicted molar refractivity (Wildman–Crippen MR) is 110 cm³/mol. The van der Waals surface area contributed by atoms with Gasteiger partial charge >= 0.3 is 0 Å². The SMILES string of the molecule is N#C[C@H]1CC[C@@H](NC(=O)C2CCN(C(=O)c3cc(-c4ccncc4)[nH]n3)CC2)CC1. The number of nitrogens with zero attached hydrogens (tertiary/aromatic N) is 4. The highest BCUT2D eigenvalue weighted by Gasteiger charge is 2.30. The molecule has 2 aliphatic rings. The number of aromatic amines is 1. The van der Waals surface area contributed by atoms with E-state index < -0.39 is 0 Å². The molecule has 2 N–H and O–H groups in total. The molecule has 30 heavy (non-hydrogen) atoms. The molecule has 8 heteroatoms. The summed E-state index contributed by atoms with van der Waals surface area (Å²) in [5.41, 5.74) is 2.09. The van der Waals surface area contributed by atoms with Gasteiger partial charge in [-0.15, -0.1) is 0 Å². The zero-order valence-electron chi connectivity index (χ0n) is 16.9. The number of piperidine rings is 1. The Morgan fingerprint density at radius 2 is 1.80 bits per heavy atom. The van der Waals surface area contributed by atoms with Crippen LogP contribution in [-0.2, 0) is 4.79 Å². The lowest BCUT2D eigenvalue weighted by molar-refractivity contribution is -0.127. The van der Waals surface area contributed by atoms with E-state index >= 15 is 0 Å². The van der Waals surface area contributed by atoms with Gasteiger partial charge in [0.15, 0.2) is 5.69 Å². The summed E-state index contributed by atoms with van der Waals surface area (Å²) in [5, 5.41) is 19.2. The first-order chi connectivity index (χ1) is 14.6. The van der Waals surface area contributed by atoms with E-state index in [1.807, 2.05) is 12.1 Å². The lowest BCUT2D eigenvalue weighted by Gasteiger charge is -2.32. The number of nitriles is 1. The molecule has 8 nitrogen and oxygen atoms in total. The van der Waals surface area contributed by atoms with Crippen molar-refractivity contribution in [3.05, 3.63) is 36.3 Å². The summed E-state index contributed by atoms with van der Waals surface area (Å²) in [6.45, 7) is 1.10. The van der Waals surface area contributed by atoms with E-state index in [0.717, 1.165) is 36.9 Å². The highest BCUT2D eigenvalue weighted by molar-refractivity contribution is 5.93. The average Bonchev–Trinajstić information content (AvgIpc) is 3.30. The van der Waals surface area contributed by atoms with Crippen LogP contribution in [0.15, 0.2) is 30.6 Å². The van der Waals surface area contributed by atoms with E-state index in [1.54, 1.807) is 23.4 Å². The number of amides is 2. The smallest absolute Gasteiger partial charge is 0.274 e. The van der Waals surface area contributed by atoms with E-state index in [1.165, 1.54) is 0 Å². The van der Waals surface area contributed by atoms with Gasteiger partial charge in [0.05, 0.1) is 11.8 Å². The summed E-state index contributed by atoms with van der Waals surface area (Å²) in [7, 11) is 0. The number of rotatable bonds is 4. The Labute approximate surface area is 175 Å². The zero-order valence-corrected chi connectivity index (χ0v) is 16.9. The highest BCUT2D eigenvalue weighted by Crippen LogP contribution is 2.25. The van der Waals surface area contributed by atoms with Crippen LogP contribution in [0.5, 0.6) is 0 Å². The Bertz CT molecular complexity index is 919. The van der Waals surface area contributed by atoms with Crippen LogP contribution in [0.2, 0.25) is 0 Å². The van der Waals surface area contributed by atoms with Gasteiger partial charge in [0, 0.05) is 48.9 Å². The number of pyridine rings is 1. The van der Waals surface area contributed by atoms with Crippen LogP contribution in [0.3, 0.4) is 0 Å². The van der Waals surface area contributed by atoms with Gasteiger partial charge in [0.25, 0.3) is 5.91 Å². The Morgan fingerprint density at radius 3 is 2.47 bits per heavy atom. The van der Waals surface area contributed by atoms with E-state index in [9.17, 15) is 9.59 Å². The Kier molecular flexibility index (Phi) is 6.07. The molecule has 0 unspecified atom stereocenters. The molecule has 3 heterocycles. The minimum absolute atomic E-state index is 0.0608. The van der Waals surface area contributed by atoms with E-state index in [-0.39, 0.29) is 29.7 Å². The summed E-state index contributed by atoms with van der Waals surface area (Å²) >= 11 is 0. The summed E-state index contributed by atoms with van der Waals surface area (Å²) in [5.74, 6) is 0.0466. The molecule has 1 saturated carbocycles. The van der Waals surface area contributed by atoms with E-state index in [0.29, 0.717) is 31.6 Å². The molecule has 1 aliphatic heterocycles. The first-order valence-electron chi connectivity index (χ1n) is 10.6. The molecule has 2 fully saturated rings. The number of hydrogen-bond donors (Lipinski definition) is 2. The van der Waals surface area contributed by atoms with Gasteiger partial charge in [-0.3, -0.25) is 19.7 Å². The van der Waals surface area contributed by atoms with Crippen LogP contribution in [0.1, 0.15) is 49.0 Å². The molecule has 2 aromatic heterocycles.